The van der Waals surface area contributed by atoms with Gasteiger partial charge in [0.2, 0.25) is 5.91 Å². The zero-order chi connectivity index (χ0) is 16.8. The third kappa shape index (κ3) is 7.33. The van der Waals surface area contributed by atoms with Crippen LogP contribution >= 0.6 is 0 Å². The van der Waals surface area contributed by atoms with Crippen molar-refractivity contribution in [1.82, 2.24) is 5.32 Å². The molecule has 0 saturated heterocycles. The number of hydrogen-bond donors (Lipinski definition) is 1. The minimum absolute atomic E-state index is 0.0668. The lowest BCUT2D eigenvalue weighted by molar-refractivity contribution is -0.153. The molecule has 1 N–H and O–H groups in total. The van der Waals surface area contributed by atoms with Gasteiger partial charge in [-0.15, -0.1) is 0 Å². The van der Waals surface area contributed by atoms with Crippen LogP contribution in [0, 0.1) is 5.92 Å². The highest BCUT2D eigenvalue weighted by Gasteiger charge is 2.28. The summed E-state index contributed by atoms with van der Waals surface area (Å²) in [5, 5.41) is 2.83. The Balaban J connectivity index is 2.58. The smallest absolute Gasteiger partial charge is 0.422 e. The summed E-state index contributed by atoms with van der Waals surface area (Å²) in [6.45, 7) is 4.54. The van der Waals surface area contributed by atoms with E-state index >= 15 is 0 Å². The molecule has 0 aliphatic heterocycles. The van der Waals surface area contributed by atoms with Crippen molar-refractivity contribution in [3.63, 3.8) is 0 Å². The topological polar surface area (TPSA) is 38.3 Å². The van der Waals surface area contributed by atoms with Crippen LogP contribution in [0.3, 0.4) is 0 Å². The Kier molecular flexibility index (Phi) is 6.71. The summed E-state index contributed by atoms with van der Waals surface area (Å²) in [6.07, 6.45) is -3.13. The second kappa shape index (κ2) is 8.06. The number of benzene rings is 1. The molecule has 124 valence electrons. The number of nitrogens with one attached hydrogen (secondary N) is 1. The highest BCUT2D eigenvalue weighted by atomic mass is 19.4. The van der Waals surface area contributed by atoms with Crippen LogP contribution in [-0.4, -0.2) is 18.7 Å². The predicted molar refractivity (Wildman–Crippen MR) is 78.6 cm³/mol. The van der Waals surface area contributed by atoms with Gasteiger partial charge in [-0.1, -0.05) is 26.0 Å². The molecule has 1 aromatic rings. The maximum Gasteiger partial charge on any atom is 0.422 e. The van der Waals surface area contributed by atoms with Gasteiger partial charge in [-0.05, 0) is 37.0 Å². The van der Waals surface area contributed by atoms with Crippen molar-refractivity contribution in [3.8, 4) is 5.75 Å². The Morgan fingerprint density at radius 3 is 2.55 bits per heavy atom. The molecule has 0 bridgehead atoms. The maximum atomic E-state index is 12.1. The van der Waals surface area contributed by atoms with Crippen LogP contribution < -0.4 is 10.1 Å². The Hall–Kier alpha value is -1.72. The minimum Gasteiger partial charge on any atom is -0.484 e. The van der Waals surface area contributed by atoms with Crippen LogP contribution in [0.4, 0.5) is 13.2 Å². The molecule has 22 heavy (non-hydrogen) atoms. The normalized spacial score (nSPS) is 13.0. The van der Waals surface area contributed by atoms with Gasteiger partial charge < -0.3 is 10.1 Å². The SMILES string of the molecule is CC(C)CCC(=O)NC(C)c1cccc(OCC(F)(F)F)c1. The second-order valence-corrected chi connectivity index (χ2v) is 5.70. The summed E-state index contributed by atoms with van der Waals surface area (Å²) >= 11 is 0. The molecule has 1 atom stereocenters. The van der Waals surface area contributed by atoms with Gasteiger partial charge in [0.1, 0.15) is 5.75 Å². The molecule has 0 heterocycles. The molecule has 1 aromatic carbocycles. The van der Waals surface area contributed by atoms with Gasteiger partial charge in [-0.3, -0.25) is 4.79 Å². The quantitative estimate of drug-likeness (QED) is 0.817. The molecule has 1 rings (SSSR count). The van der Waals surface area contributed by atoms with E-state index in [2.05, 4.69) is 5.32 Å². The fourth-order valence-electron chi connectivity index (χ4n) is 1.86. The van der Waals surface area contributed by atoms with E-state index in [9.17, 15) is 18.0 Å². The zero-order valence-corrected chi connectivity index (χ0v) is 13.0. The van der Waals surface area contributed by atoms with Crippen molar-refractivity contribution < 1.29 is 22.7 Å². The number of carbonyl (C=O) groups excluding carboxylic acids is 1. The Morgan fingerprint density at radius 2 is 1.95 bits per heavy atom. The molecule has 0 aliphatic carbocycles. The largest absolute Gasteiger partial charge is 0.484 e. The standard InChI is InChI=1S/C16H22F3NO2/c1-11(2)7-8-15(21)20-12(3)13-5-4-6-14(9-13)22-10-16(17,18)19/h4-6,9,11-12H,7-8,10H2,1-3H3,(H,20,21). The van der Waals surface area contributed by atoms with Crippen molar-refractivity contribution in [2.24, 2.45) is 5.92 Å². The van der Waals surface area contributed by atoms with Crippen molar-refractivity contribution in [3.05, 3.63) is 29.8 Å². The Bertz CT molecular complexity index is 487. The number of halogens is 3. The van der Waals surface area contributed by atoms with E-state index in [1.54, 1.807) is 19.1 Å². The number of carbonyl (C=O) groups is 1. The summed E-state index contributed by atoms with van der Waals surface area (Å²) in [7, 11) is 0. The van der Waals surface area contributed by atoms with Crippen LogP contribution in [0.1, 0.15) is 45.2 Å². The highest BCUT2D eigenvalue weighted by Crippen LogP contribution is 2.22. The van der Waals surface area contributed by atoms with Crippen LogP contribution in [0.5, 0.6) is 5.75 Å². The highest BCUT2D eigenvalue weighted by molar-refractivity contribution is 5.76. The molecule has 3 nitrogen and oxygen atoms in total. The van der Waals surface area contributed by atoms with E-state index in [1.807, 2.05) is 13.8 Å². The first-order chi connectivity index (χ1) is 10.2. The predicted octanol–water partition coefficient (Wildman–Crippen LogP) is 4.24. The molecule has 0 aromatic heterocycles. The van der Waals surface area contributed by atoms with E-state index in [0.29, 0.717) is 17.9 Å². The molecular formula is C16H22F3NO2. The molecule has 0 spiro atoms. The van der Waals surface area contributed by atoms with Gasteiger partial charge in [-0.25, -0.2) is 0 Å². The summed E-state index contributed by atoms with van der Waals surface area (Å²) in [5.74, 6) is 0.515. The maximum absolute atomic E-state index is 12.1. The monoisotopic (exact) mass is 317 g/mol. The molecule has 6 heteroatoms. The van der Waals surface area contributed by atoms with E-state index in [-0.39, 0.29) is 17.7 Å². The van der Waals surface area contributed by atoms with Gasteiger partial charge in [0.25, 0.3) is 0 Å². The van der Waals surface area contributed by atoms with Crippen molar-refractivity contribution in [2.45, 2.75) is 45.8 Å². The first-order valence-corrected chi connectivity index (χ1v) is 7.26. The second-order valence-electron chi connectivity index (χ2n) is 5.70. The van der Waals surface area contributed by atoms with E-state index in [0.717, 1.165) is 6.42 Å². The molecule has 0 fully saturated rings. The van der Waals surface area contributed by atoms with Crippen LogP contribution in [-0.2, 0) is 4.79 Å². The fourth-order valence-corrected chi connectivity index (χ4v) is 1.86. The van der Waals surface area contributed by atoms with Gasteiger partial charge in [0.15, 0.2) is 6.61 Å². The van der Waals surface area contributed by atoms with Crippen LogP contribution in [0.25, 0.3) is 0 Å². The number of hydrogen-bond acceptors (Lipinski definition) is 2. The molecule has 1 amide bonds. The lowest BCUT2D eigenvalue weighted by Gasteiger charge is -2.16. The number of rotatable bonds is 7. The zero-order valence-electron chi connectivity index (χ0n) is 13.0. The number of alkyl halides is 3. The number of ether oxygens (including phenoxy) is 1. The first-order valence-electron chi connectivity index (χ1n) is 7.26. The van der Waals surface area contributed by atoms with Gasteiger partial charge in [0, 0.05) is 6.42 Å². The first kappa shape index (κ1) is 18.3. The molecule has 0 radical (unpaired) electrons. The van der Waals surface area contributed by atoms with Crippen molar-refractivity contribution in [2.75, 3.05) is 6.61 Å². The Labute approximate surface area is 128 Å². The van der Waals surface area contributed by atoms with Gasteiger partial charge in [-0.2, -0.15) is 13.2 Å². The van der Waals surface area contributed by atoms with Crippen molar-refractivity contribution in [1.29, 1.82) is 0 Å². The average Bonchev–Trinajstić information content (AvgIpc) is 2.42. The minimum atomic E-state index is -4.37. The summed E-state index contributed by atoms with van der Waals surface area (Å²) in [4.78, 5) is 11.8. The van der Waals surface area contributed by atoms with E-state index < -0.39 is 12.8 Å². The third-order valence-electron chi connectivity index (χ3n) is 3.09. The van der Waals surface area contributed by atoms with Gasteiger partial charge >= 0.3 is 6.18 Å². The Morgan fingerprint density at radius 1 is 1.27 bits per heavy atom. The molecule has 0 saturated carbocycles. The summed E-state index contributed by atoms with van der Waals surface area (Å²) in [6, 6.07) is 6.04. The van der Waals surface area contributed by atoms with Gasteiger partial charge in [0.05, 0.1) is 6.04 Å². The lowest BCUT2D eigenvalue weighted by atomic mass is 10.1. The lowest BCUT2D eigenvalue weighted by Crippen LogP contribution is -2.26. The average molecular weight is 317 g/mol. The molecule has 0 aliphatic rings. The summed E-state index contributed by atoms with van der Waals surface area (Å²) < 4.78 is 41.1. The van der Waals surface area contributed by atoms with E-state index in [4.69, 9.17) is 4.74 Å². The van der Waals surface area contributed by atoms with E-state index in [1.165, 1.54) is 12.1 Å². The summed E-state index contributed by atoms with van der Waals surface area (Å²) in [5.41, 5.74) is 0.706. The number of amides is 1. The molecular weight excluding hydrogens is 295 g/mol. The van der Waals surface area contributed by atoms with Crippen molar-refractivity contribution >= 4 is 5.91 Å². The molecule has 1 unspecified atom stereocenters. The fraction of sp³-hybridized carbons (Fsp3) is 0.562. The third-order valence-corrected chi connectivity index (χ3v) is 3.09. The van der Waals surface area contributed by atoms with Crippen LogP contribution in [0.2, 0.25) is 0 Å². The van der Waals surface area contributed by atoms with Crippen LogP contribution in [0.15, 0.2) is 24.3 Å².